The number of hydrogen-bond acceptors (Lipinski definition) is 2. The average Bonchev–Trinajstić information content (AvgIpc) is 2.77. The van der Waals surface area contributed by atoms with E-state index in [9.17, 15) is 9.59 Å². The minimum absolute atomic E-state index is 0.0865. The molecule has 0 aromatic carbocycles. The van der Waals surface area contributed by atoms with Crippen LogP contribution in [0, 0.1) is 11.3 Å². The van der Waals surface area contributed by atoms with Gasteiger partial charge in [-0.25, -0.2) is 4.79 Å². The normalized spacial score (nSPS) is 17.5. The van der Waals surface area contributed by atoms with Crippen LogP contribution in [0.4, 0.5) is 0 Å². The molecule has 1 saturated carbocycles. The van der Waals surface area contributed by atoms with Crippen LogP contribution in [0.5, 0.6) is 0 Å². The Bertz CT molecular complexity index is 315. The van der Waals surface area contributed by atoms with Crippen LogP contribution < -0.4 is 5.32 Å². The number of rotatable bonds is 5. The van der Waals surface area contributed by atoms with Gasteiger partial charge >= 0.3 is 5.97 Å². The Balaban J connectivity index is 2.38. The van der Waals surface area contributed by atoms with Crippen molar-refractivity contribution in [1.29, 1.82) is 0 Å². The maximum Gasteiger partial charge on any atom is 0.328 e. The topological polar surface area (TPSA) is 66.4 Å². The minimum Gasteiger partial charge on any atom is -0.478 e. The van der Waals surface area contributed by atoms with Gasteiger partial charge in [0.1, 0.15) is 0 Å². The van der Waals surface area contributed by atoms with Crippen LogP contribution in [0.25, 0.3) is 0 Å². The first-order valence-electron chi connectivity index (χ1n) is 6.10. The second-order valence-electron chi connectivity index (χ2n) is 5.36. The zero-order valence-corrected chi connectivity index (χ0v) is 10.5. The molecule has 0 radical (unpaired) electrons. The second-order valence-corrected chi connectivity index (χ2v) is 5.36. The van der Waals surface area contributed by atoms with Crippen molar-refractivity contribution in [2.45, 2.75) is 39.5 Å². The zero-order valence-electron chi connectivity index (χ0n) is 10.5. The molecule has 1 rings (SSSR count). The third-order valence-corrected chi connectivity index (χ3v) is 3.56. The number of hydrogen-bond donors (Lipinski definition) is 2. The van der Waals surface area contributed by atoms with E-state index in [1.165, 1.54) is 25.7 Å². The predicted octanol–water partition coefficient (Wildman–Crippen LogP) is 1.96. The summed E-state index contributed by atoms with van der Waals surface area (Å²) >= 11 is 0. The zero-order chi connectivity index (χ0) is 12.9. The SMILES string of the molecule is CC(C)(CNC(=O)/C=C/C(=O)O)C1CCCC1. The number of amides is 1. The fourth-order valence-corrected chi connectivity index (χ4v) is 2.37. The fourth-order valence-electron chi connectivity index (χ4n) is 2.37. The van der Waals surface area contributed by atoms with Gasteiger partial charge in [0, 0.05) is 18.7 Å². The van der Waals surface area contributed by atoms with Crippen molar-refractivity contribution >= 4 is 11.9 Å². The molecule has 96 valence electrons. The van der Waals surface area contributed by atoms with Crippen molar-refractivity contribution in [1.82, 2.24) is 5.32 Å². The first kappa shape index (κ1) is 13.7. The third kappa shape index (κ3) is 4.59. The average molecular weight is 239 g/mol. The second kappa shape index (κ2) is 5.84. The molecule has 4 nitrogen and oxygen atoms in total. The highest BCUT2D eigenvalue weighted by Crippen LogP contribution is 2.38. The third-order valence-electron chi connectivity index (χ3n) is 3.56. The monoisotopic (exact) mass is 239 g/mol. The quantitative estimate of drug-likeness (QED) is 0.721. The van der Waals surface area contributed by atoms with E-state index >= 15 is 0 Å². The molecule has 0 aromatic heterocycles. The lowest BCUT2D eigenvalue weighted by Gasteiger charge is -2.31. The Morgan fingerprint density at radius 1 is 1.29 bits per heavy atom. The highest BCUT2D eigenvalue weighted by atomic mass is 16.4. The van der Waals surface area contributed by atoms with Crippen LogP contribution in [-0.2, 0) is 9.59 Å². The van der Waals surface area contributed by atoms with Crippen molar-refractivity contribution in [2.24, 2.45) is 11.3 Å². The van der Waals surface area contributed by atoms with E-state index in [0.29, 0.717) is 12.5 Å². The summed E-state index contributed by atoms with van der Waals surface area (Å²) < 4.78 is 0. The molecule has 0 aromatic rings. The Labute approximate surface area is 102 Å². The summed E-state index contributed by atoms with van der Waals surface area (Å²) in [5, 5.41) is 11.2. The summed E-state index contributed by atoms with van der Waals surface area (Å²) in [5.41, 5.74) is 0.0865. The van der Waals surface area contributed by atoms with Crippen LogP contribution in [0.3, 0.4) is 0 Å². The highest BCUT2D eigenvalue weighted by molar-refractivity contribution is 5.93. The van der Waals surface area contributed by atoms with Gasteiger partial charge in [-0.1, -0.05) is 26.7 Å². The van der Waals surface area contributed by atoms with E-state index in [2.05, 4.69) is 19.2 Å². The molecule has 17 heavy (non-hydrogen) atoms. The van der Waals surface area contributed by atoms with E-state index in [4.69, 9.17) is 5.11 Å². The van der Waals surface area contributed by atoms with Gasteiger partial charge in [0.25, 0.3) is 0 Å². The van der Waals surface area contributed by atoms with Crippen molar-refractivity contribution in [2.75, 3.05) is 6.54 Å². The Morgan fingerprint density at radius 2 is 1.88 bits per heavy atom. The summed E-state index contributed by atoms with van der Waals surface area (Å²) in [7, 11) is 0. The van der Waals surface area contributed by atoms with Gasteiger partial charge < -0.3 is 10.4 Å². The number of carbonyl (C=O) groups excluding carboxylic acids is 1. The highest BCUT2D eigenvalue weighted by Gasteiger charge is 2.31. The molecule has 0 aliphatic heterocycles. The Morgan fingerprint density at radius 3 is 2.41 bits per heavy atom. The molecule has 1 aliphatic rings. The van der Waals surface area contributed by atoms with E-state index in [0.717, 1.165) is 12.2 Å². The molecule has 1 fully saturated rings. The van der Waals surface area contributed by atoms with Crippen LogP contribution in [0.1, 0.15) is 39.5 Å². The van der Waals surface area contributed by atoms with E-state index in [-0.39, 0.29) is 11.3 Å². The molecule has 0 atom stereocenters. The standard InChI is InChI=1S/C13H21NO3/c1-13(2,10-5-3-4-6-10)9-14-11(15)7-8-12(16)17/h7-8,10H,3-6,9H2,1-2H3,(H,14,15)(H,16,17)/b8-7+. The summed E-state index contributed by atoms with van der Waals surface area (Å²) in [6.07, 6.45) is 6.94. The van der Waals surface area contributed by atoms with Gasteiger partial charge in [-0.2, -0.15) is 0 Å². The van der Waals surface area contributed by atoms with Crippen LogP contribution in [0.15, 0.2) is 12.2 Å². The first-order chi connectivity index (χ1) is 7.92. The molecular formula is C13H21NO3. The molecule has 4 heteroatoms. The largest absolute Gasteiger partial charge is 0.478 e. The number of carboxylic acid groups (broad SMARTS) is 1. The maximum absolute atomic E-state index is 11.3. The molecule has 0 saturated heterocycles. The molecule has 0 bridgehead atoms. The number of carbonyl (C=O) groups is 2. The molecule has 0 spiro atoms. The van der Waals surface area contributed by atoms with Gasteiger partial charge in [-0.05, 0) is 24.2 Å². The number of nitrogens with one attached hydrogen (secondary N) is 1. The number of aliphatic carboxylic acids is 1. The lowest BCUT2D eigenvalue weighted by Crippen LogP contribution is -2.37. The molecule has 2 N–H and O–H groups in total. The summed E-state index contributed by atoms with van der Waals surface area (Å²) in [6, 6.07) is 0. The van der Waals surface area contributed by atoms with Gasteiger partial charge in [0.2, 0.25) is 5.91 Å². The smallest absolute Gasteiger partial charge is 0.328 e. The van der Waals surface area contributed by atoms with Gasteiger partial charge in [-0.3, -0.25) is 4.79 Å². The lowest BCUT2D eigenvalue weighted by molar-refractivity contribution is -0.131. The van der Waals surface area contributed by atoms with Crippen molar-refractivity contribution in [3.8, 4) is 0 Å². The lowest BCUT2D eigenvalue weighted by atomic mass is 9.78. The summed E-state index contributed by atoms with van der Waals surface area (Å²) in [5.74, 6) is -0.778. The van der Waals surface area contributed by atoms with Crippen molar-refractivity contribution < 1.29 is 14.7 Å². The van der Waals surface area contributed by atoms with E-state index < -0.39 is 5.97 Å². The van der Waals surface area contributed by atoms with E-state index in [1.807, 2.05) is 0 Å². The first-order valence-corrected chi connectivity index (χ1v) is 6.10. The van der Waals surface area contributed by atoms with Gasteiger partial charge in [-0.15, -0.1) is 0 Å². The molecule has 1 amide bonds. The summed E-state index contributed by atoms with van der Waals surface area (Å²) in [4.78, 5) is 21.6. The van der Waals surface area contributed by atoms with Crippen LogP contribution in [-0.4, -0.2) is 23.5 Å². The molecular weight excluding hydrogens is 218 g/mol. The Hall–Kier alpha value is -1.32. The Kier molecular flexibility index (Phi) is 4.73. The summed E-state index contributed by atoms with van der Waals surface area (Å²) in [6.45, 7) is 4.91. The predicted molar refractivity (Wildman–Crippen MR) is 65.5 cm³/mol. The minimum atomic E-state index is -1.10. The maximum atomic E-state index is 11.3. The van der Waals surface area contributed by atoms with E-state index in [1.54, 1.807) is 0 Å². The molecule has 0 heterocycles. The van der Waals surface area contributed by atoms with Gasteiger partial charge in [0.15, 0.2) is 0 Å². The molecule has 0 unspecified atom stereocenters. The van der Waals surface area contributed by atoms with Crippen LogP contribution >= 0.6 is 0 Å². The number of carboxylic acids is 1. The van der Waals surface area contributed by atoms with Crippen molar-refractivity contribution in [3.05, 3.63) is 12.2 Å². The molecule has 1 aliphatic carbocycles. The van der Waals surface area contributed by atoms with Crippen LogP contribution in [0.2, 0.25) is 0 Å². The fraction of sp³-hybridized carbons (Fsp3) is 0.692. The van der Waals surface area contributed by atoms with Gasteiger partial charge in [0.05, 0.1) is 0 Å². The van der Waals surface area contributed by atoms with Crippen molar-refractivity contribution in [3.63, 3.8) is 0 Å².